The molecule has 0 N–H and O–H groups in total. The van der Waals surface area contributed by atoms with Crippen molar-refractivity contribution in [1.82, 2.24) is 4.90 Å². The van der Waals surface area contributed by atoms with Gasteiger partial charge in [-0.1, -0.05) is 11.6 Å². The highest BCUT2D eigenvalue weighted by atomic mass is 35.5. The van der Waals surface area contributed by atoms with Gasteiger partial charge in [-0.15, -0.1) is 0 Å². The lowest BCUT2D eigenvalue weighted by molar-refractivity contribution is -0.112. The SMILES string of the molecule is O=CC1CCN(C(=O)c2ccc(Cl)cc2)CC1. The van der Waals surface area contributed by atoms with Gasteiger partial charge in [-0.25, -0.2) is 0 Å². The molecular formula is C13H14ClNO2. The molecule has 1 aliphatic rings. The van der Waals surface area contributed by atoms with Crippen LogP contribution in [0.4, 0.5) is 0 Å². The summed E-state index contributed by atoms with van der Waals surface area (Å²) >= 11 is 5.78. The third kappa shape index (κ3) is 2.86. The van der Waals surface area contributed by atoms with Gasteiger partial charge in [0.15, 0.2) is 0 Å². The van der Waals surface area contributed by atoms with Gasteiger partial charge >= 0.3 is 0 Å². The summed E-state index contributed by atoms with van der Waals surface area (Å²) in [6, 6.07) is 6.90. The van der Waals surface area contributed by atoms with Crippen molar-refractivity contribution in [1.29, 1.82) is 0 Å². The largest absolute Gasteiger partial charge is 0.339 e. The van der Waals surface area contributed by atoms with Crippen LogP contribution in [-0.2, 0) is 4.79 Å². The minimum Gasteiger partial charge on any atom is -0.339 e. The molecule has 1 aromatic rings. The molecule has 1 fully saturated rings. The fraction of sp³-hybridized carbons (Fsp3) is 0.385. The summed E-state index contributed by atoms with van der Waals surface area (Å²) in [7, 11) is 0. The average Bonchev–Trinajstić information content (AvgIpc) is 2.39. The molecule has 1 aliphatic heterocycles. The van der Waals surface area contributed by atoms with Crippen LogP contribution in [0, 0.1) is 5.92 Å². The Morgan fingerprint density at radius 2 is 1.82 bits per heavy atom. The van der Waals surface area contributed by atoms with Crippen molar-refractivity contribution in [3.8, 4) is 0 Å². The summed E-state index contributed by atoms with van der Waals surface area (Å²) in [5.41, 5.74) is 0.652. The Balaban J connectivity index is 2.01. The molecule has 4 heteroatoms. The van der Waals surface area contributed by atoms with E-state index in [1.165, 1.54) is 0 Å². The van der Waals surface area contributed by atoms with E-state index < -0.39 is 0 Å². The van der Waals surface area contributed by atoms with Crippen LogP contribution in [0.5, 0.6) is 0 Å². The van der Waals surface area contributed by atoms with Crippen LogP contribution in [0.1, 0.15) is 23.2 Å². The lowest BCUT2D eigenvalue weighted by Gasteiger charge is -2.29. The first kappa shape index (κ1) is 12.1. The molecule has 1 aromatic carbocycles. The number of aldehydes is 1. The van der Waals surface area contributed by atoms with E-state index >= 15 is 0 Å². The summed E-state index contributed by atoms with van der Waals surface area (Å²) in [5, 5.41) is 0.626. The van der Waals surface area contributed by atoms with E-state index in [1.807, 2.05) is 0 Å². The van der Waals surface area contributed by atoms with E-state index in [1.54, 1.807) is 29.2 Å². The number of halogens is 1. The molecule has 2 rings (SSSR count). The van der Waals surface area contributed by atoms with Gasteiger partial charge in [0, 0.05) is 29.6 Å². The number of benzene rings is 1. The third-order valence-electron chi connectivity index (χ3n) is 3.11. The average molecular weight is 252 g/mol. The first-order valence-corrected chi connectivity index (χ1v) is 6.08. The number of nitrogens with zero attached hydrogens (tertiary/aromatic N) is 1. The summed E-state index contributed by atoms with van der Waals surface area (Å²) in [6.07, 6.45) is 2.52. The Morgan fingerprint density at radius 1 is 1.24 bits per heavy atom. The predicted molar refractivity (Wildman–Crippen MR) is 66.1 cm³/mol. The normalized spacial score (nSPS) is 16.9. The molecule has 1 saturated heterocycles. The molecule has 0 aromatic heterocycles. The van der Waals surface area contributed by atoms with Crippen LogP contribution in [0.2, 0.25) is 5.02 Å². The Labute approximate surface area is 105 Å². The van der Waals surface area contributed by atoms with Crippen LogP contribution in [0.3, 0.4) is 0 Å². The third-order valence-corrected chi connectivity index (χ3v) is 3.36. The lowest BCUT2D eigenvalue weighted by Crippen LogP contribution is -2.38. The van der Waals surface area contributed by atoms with Crippen molar-refractivity contribution in [3.05, 3.63) is 34.9 Å². The second-order valence-corrected chi connectivity index (χ2v) is 4.71. The highest BCUT2D eigenvalue weighted by Gasteiger charge is 2.22. The van der Waals surface area contributed by atoms with Crippen LogP contribution >= 0.6 is 11.6 Å². The van der Waals surface area contributed by atoms with E-state index in [0.29, 0.717) is 23.7 Å². The van der Waals surface area contributed by atoms with E-state index in [2.05, 4.69) is 0 Å². The van der Waals surface area contributed by atoms with Crippen molar-refractivity contribution in [2.24, 2.45) is 5.92 Å². The van der Waals surface area contributed by atoms with Crippen LogP contribution in [-0.4, -0.2) is 30.2 Å². The summed E-state index contributed by atoms with van der Waals surface area (Å²) in [5.74, 6) is 0.135. The first-order valence-electron chi connectivity index (χ1n) is 5.71. The molecule has 0 spiro atoms. The summed E-state index contributed by atoms with van der Waals surface area (Å²) < 4.78 is 0. The van der Waals surface area contributed by atoms with Crippen LogP contribution in [0.25, 0.3) is 0 Å². The molecule has 3 nitrogen and oxygen atoms in total. The molecule has 0 aliphatic carbocycles. The monoisotopic (exact) mass is 251 g/mol. The number of carbonyl (C=O) groups is 2. The van der Waals surface area contributed by atoms with Gasteiger partial charge in [-0.05, 0) is 37.1 Å². The van der Waals surface area contributed by atoms with Gasteiger partial charge in [0.05, 0.1) is 0 Å². The molecular weight excluding hydrogens is 238 g/mol. The van der Waals surface area contributed by atoms with Gasteiger partial charge in [0.1, 0.15) is 6.29 Å². The Morgan fingerprint density at radius 3 is 2.35 bits per heavy atom. The molecule has 0 radical (unpaired) electrons. The van der Waals surface area contributed by atoms with Crippen molar-refractivity contribution in [2.75, 3.05) is 13.1 Å². The van der Waals surface area contributed by atoms with E-state index in [9.17, 15) is 9.59 Å². The molecule has 0 saturated carbocycles. The number of hydrogen-bond donors (Lipinski definition) is 0. The Bertz CT molecular complexity index is 408. The maximum absolute atomic E-state index is 12.1. The number of piperidine rings is 1. The highest BCUT2D eigenvalue weighted by molar-refractivity contribution is 6.30. The molecule has 1 heterocycles. The quantitative estimate of drug-likeness (QED) is 0.757. The zero-order valence-corrected chi connectivity index (χ0v) is 10.2. The van der Waals surface area contributed by atoms with Crippen LogP contribution in [0.15, 0.2) is 24.3 Å². The van der Waals surface area contributed by atoms with Crippen molar-refractivity contribution in [2.45, 2.75) is 12.8 Å². The molecule has 0 unspecified atom stereocenters. The van der Waals surface area contributed by atoms with E-state index in [-0.39, 0.29) is 11.8 Å². The highest BCUT2D eigenvalue weighted by Crippen LogP contribution is 2.18. The fourth-order valence-corrected chi connectivity index (χ4v) is 2.14. The van der Waals surface area contributed by atoms with Crippen molar-refractivity contribution < 1.29 is 9.59 Å². The van der Waals surface area contributed by atoms with E-state index in [4.69, 9.17) is 11.6 Å². The van der Waals surface area contributed by atoms with Gasteiger partial charge in [0.25, 0.3) is 5.91 Å². The number of amides is 1. The smallest absolute Gasteiger partial charge is 0.253 e. The maximum atomic E-state index is 12.1. The lowest BCUT2D eigenvalue weighted by atomic mass is 9.98. The number of hydrogen-bond acceptors (Lipinski definition) is 2. The van der Waals surface area contributed by atoms with Crippen molar-refractivity contribution in [3.63, 3.8) is 0 Å². The molecule has 0 bridgehead atoms. The zero-order chi connectivity index (χ0) is 12.3. The second-order valence-electron chi connectivity index (χ2n) is 4.27. The standard InChI is InChI=1S/C13H14ClNO2/c14-12-3-1-11(2-4-12)13(17)15-7-5-10(9-16)6-8-15/h1-4,9-10H,5-8H2. The summed E-state index contributed by atoms with van der Waals surface area (Å²) in [6.45, 7) is 1.32. The Hall–Kier alpha value is -1.35. The fourth-order valence-electron chi connectivity index (χ4n) is 2.01. The molecule has 0 atom stereocenters. The van der Waals surface area contributed by atoms with Gasteiger partial charge < -0.3 is 9.69 Å². The topological polar surface area (TPSA) is 37.4 Å². The van der Waals surface area contributed by atoms with Gasteiger partial charge in [-0.2, -0.15) is 0 Å². The predicted octanol–water partition coefficient (Wildman–Crippen LogP) is 2.39. The Kier molecular flexibility index (Phi) is 3.79. The summed E-state index contributed by atoms with van der Waals surface area (Å²) in [4.78, 5) is 24.5. The van der Waals surface area contributed by atoms with E-state index in [0.717, 1.165) is 19.1 Å². The first-order chi connectivity index (χ1) is 8.20. The zero-order valence-electron chi connectivity index (χ0n) is 9.43. The van der Waals surface area contributed by atoms with Gasteiger partial charge in [0.2, 0.25) is 0 Å². The van der Waals surface area contributed by atoms with Gasteiger partial charge in [-0.3, -0.25) is 4.79 Å². The molecule has 17 heavy (non-hydrogen) atoms. The minimum absolute atomic E-state index is 0.0195. The second kappa shape index (κ2) is 5.32. The number of likely N-dealkylation sites (tertiary alicyclic amines) is 1. The number of carbonyl (C=O) groups excluding carboxylic acids is 2. The van der Waals surface area contributed by atoms with Crippen molar-refractivity contribution >= 4 is 23.8 Å². The maximum Gasteiger partial charge on any atom is 0.253 e. The molecule has 90 valence electrons. The minimum atomic E-state index is 0.0195. The van der Waals surface area contributed by atoms with Crippen LogP contribution < -0.4 is 0 Å². The molecule has 1 amide bonds. The number of rotatable bonds is 2.